The fourth-order valence-corrected chi connectivity index (χ4v) is 2.11. The highest BCUT2D eigenvalue weighted by atomic mass is 35.5. The van der Waals surface area contributed by atoms with Crippen LogP contribution in [0.3, 0.4) is 0 Å². The van der Waals surface area contributed by atoms with E-state index in [1.165, 1.54) is 6.21 Å². The highest BCUT2D eigenvalue weighted by molar-refractivity contribution is 6.35. The van der Waals surface area contributed by atoms with Crippen LogP contribution in [-0.2, 0) is 14.3 Å². The summed E-state index contributed by atoms with van der Waals surface area (Å²) in [6.07, 6.45) is 1.93. The van der Waals surface area contributed by atoms with E-state index >= 15 is 0 Å². The van der Waals surface area contributed by atoms with Gasteiger partial charge in [-0.3, -0.25) is 9.59 Å². The third-order valence-corrected chi connectivity index (χ3v) is 3.35. The molecule has 1 aromatic heterocycles. The van der Waals surface area contributed by atoms with Gasteiger partial charge in [-0.1, -0.05) is 23.7 Å². The van der Waals surface area contributed by atoms with Crippen molar-refractivity contribution in [2.45, 2.75) is 6.42 Å². The lowest BCUT2D eigenvalue weighted by Gasteiger charge is -2.02. The third kappa shape index (κ3) is 6.06. The number of hydrazone groups is 1. The number of nitrogens with one attached hydrogen (secondary N) is 2. The van der Waals surface area contributed by atoms with E-state index in [4.69, 9.17) is 20.8 Å². The quantitative estimate of drug-likeness (QED) is 0.341. The third-order valence-electron chi connectivity index (χ3n) is 3.11. The maximum Gasteiger partial charge on any atom is 0.329 e. The molecular formula is C17H18ClN3O4. The molecule has 0 aliphatic rings. The van der Waals surface area contributed by atoms with E-state index < -0.39 is 11.8 Å². The second kappa shape index (κ2) is 9.61. The molecule has 0 aliphatic heterocycles. The largest absolute Gasteiger partial charge is 0.455 e. The normalized spacial score (nSPS) is 10.8. The van der Waals surface area contributed by atoms with Crippen molar-refractivity contribution in [2.75, 3.05) is 20.3 Å². The zero-order chi connectivity index (χ0) is 18.1. The summed E-state index contributed by atoms with van der Waals surface area (Å²) in [5.41, 5.74) is 2.96. The van der Waals surface area contributed by atoms with Gasteiger partial charge in [-0.2, -0.15) is 5.10 Å². The fraction of sp³-hybridized carbons (Fsp3) is 0.235. The van der Waals surface area contributed by atoms with Crippen LogP contribution in [0.5, 0.6) is 0 Å². The number of hydrogen-bond donors (Lipinski definition) is 2. The van der Waals surface area contributed by atoms with Crippen molar-refractivity contribution in [1.29, 1.82) is 0 Å². The molecule has 2 aromatic rings. The minimum Gasteiger partial charge on any atom is -0.455 e. The summed E-state index contributed by atoms with van der Waals surface area (Å²) in [5.74, 6) is -0.565. The van der Waals surface area contributed by atoms with Crippen molar-refractivity contribution in [1.82, 2.24) is 10.7 Å². The summed E-state index contributed by atoms with van der Waals surface area (Å²) in [6.45, 7) is 0.860. The van der Waals surface area contributed by atoms with Gasteiger partial charge in [0, 0.05) is 30.8 Å². The summed E-state index contributed by atoms with van der Waals surface area (Å²) in [6, 6.07) is 10.7. The molecule has 1 heterocycles. The first kappa shape index (κ1) is 18.7. The van der Waals surface area contributed by atoms with E-state index in [-0.39, 0.29) is 0 Å². The number of carbonyl (C=O) groups is 2. The number of nitrogens with zero attached hydrogens (tertiary/aromatic N) is 1. The predicted molar refractivity (Wildman–Crippen MR) is 94.4 cm³/mol. The molecule has 0 bridgehead atoms. The second-order valence-corrected chi connectivity index (χ2v) is 5.45. The van der Waals surface area contributed by atoms with Gasteiger partial charge in [0.2, 0.25) is 0 Å². The van der Waals surface area contributed by atoms with Crippen LogP contribution < -0.4 is 10.7 Å². The Morgan fingerprint density at radius 2 is 2.12 bits per heavy atom. The van der Waals surface area contributed by atoms with Crippen molar-refractivity contribution in [3.63, 3.8) is 0 Å². The van der Waals surface area contributed by atoms with Crippen LogP contribution in [0.15, 0.2) is 45.9 Å². The molecule has 0 radical (unpaired) electrons. The maximum absolute atomic E-state index is 11.5. The fourth-order valence-electron chi connectivity index (χ4n) is 1.92. The van der Waals surface area contributed by atoms with Gasteiger partial charge in [-0.25, -0.2) is 5.43 Å². The first-order chi connectivity index (χ1) is 12.1. The van der Waals surface area contributed by atoms with Gasteiger partial charge in [-0.15, -0.1) is 0 Å². The Morgan fingerprint density at radius 3 is 2.88 bits per heavy atom. The number of halogens is 1. The Labute approximate surface area is 150 Å². The SMILES string of the molecule is COCCCNC(=O)C(=O)N/N=C/c1ccc(-c2cccc(Cl)c2)o1. The maximum atomic E-state index is 11.5. The Balaban J connectivity index is 1.84. The van der Waals surface area contributed by atoms with E-state index in [1.54, 1.807) is 31.4 Å². The summed E-state index contributed by atoms with van der Waals surface area (Å²) >= 11 is 5.94. The van der Waals surface area contributed by atoms with Crippen LogP contribution in [0.2, 0.25) is 5.02 Å². The summed E-state index contributed by atoms with van der Waals surface area (Å²) < 4.78 is 10.4. The van der Waals surface area contributed by atoms with Crippen molar-refractivity contribution in [3.05, 3.63) is 47.2 Å². The zero-order valence-electron chi connectivity index (χ0n) is 13.6. The van der Waals surface area contributed by atoms with E-state index in [0.717, 1.165) is 5.56 Å². The Hall–Kier alpha value is -2.64. The molecule has 2 N–H and O–H groups in total. The summed E-state index contributed by atoms with van der Waals surface area (Å²) in [4.78, 5) is 23.0. The van der Waals surface area contributed by atoms with Gasteiger partial charge in [0.15, 0.2) is 0 Å². The molecular weight excluding hydrogens is 346 g/mol. The van der Waals surface area contributed by atoms with Gasteiger partial charge in [-0.05, 0) is 30.7 Å². The van der Waals surface area contributed by atoms with Gasteiger partial charge in [0.25, 0.3) is 0 Å². The molecule has 7 nitrogen and oxygen atoms in total. The van der Waals surface area contributed by atoms with Gasteiger partial charge in [0.1, 0.15) is 11.5 Å². The highest BCUT2D eigenvalue weighted by Crippen LogP contribution is 2.24. The molecule has 132 valence electrons. The average Bonchev–Trinajstić information content (AvgIpc) is 3.07. The van der Waals surface area contributed by atoms with Crippen LogP contribution in [0.1, 0.15) is 12.2 Å². The first-order valence-electron chi connectivity index (χ1n) is 7.56. The number of benzene rings is 1. The number of rotatable bonds is 7. The molecule has 25 heavy (non-hydrogen) atoms. The van der Waals surface area contributed by atoms with Crippen LogP contribution in [-0.4, -0.2) is 38.3 Å². The average molecular weight is 364 g/mol. The van der Waals surface area contributed by atoms with Gasteiger partial charge in [0.05, 0.1) is 6.21 Å². The van der Waals surface area contributed by atoms with E-state index in [0.29, 0.717) is 36.1 Å². The summed E-state index contributed by atoms with van der Waals surface area (Å²) in [5, 5.41) is 6.76. The van der Waals surface area contributed by atoms with Crippen molar-refractivity contribution >= 4 is 29.6 Å². The van der Waals surface area contributed by atoms with E-state index in [9.17, 15) is 9.59 Å². The molecule has 0 fully saturated rings. The molecule has 0 aliphatic carbocycles. The molecule has 2 amide bonds. The van der Waals surface area contributed by atoms with Crippen molar-refractivity contribution < 1.29 is 18.7 Å². The van der Waals surface area contributed by atoms with Gasteiger partial charge < -0.3 is 14.5 Å². The molecule has 0 atom stereocenters. The lowest BCUT2D eigenvalue weighted by Crippen LogP contribution is -2.38. The van der Waals surface area contributed by atoms with E-state index in [2.05, 4.69) is 15.8 Å². The van der Waals surface area contributed by atoms with Crippen LogP contribution in [0, 0.1) is 0 Å². The second-order valence-electron chi connectivity index (χ2n) is 5.01. The monoisotopic (exact) mass is 363 g/mol. The lowest BCUT2D eigenvalue weighted by molar-refractivity contribution is -0.139. The predicted octanol–water partition coefficient (Wildman–Crippen LogP) is 2.20. The molecule has 0 unspecified atom stereocenters. The summed E-state index contributed by atoms with van der Waals surface area (Å²) in [7, 11) is 1.57. The van der Waals surface area contributed by atoms with Crippen LogP contribution in [0.25, 0.3) is 11.3 Å². The Bertz CT molecular complexity index is 758. The molecule has 1 aromatic carbocycles. The molecule has 0 saturated carbocycles. The van der Waals surface area contributed by atoms with Crippen molar-refractivity contribution in [3.8, 4) is 11.3 Å². The first-order valence-corrected chi connectivity index (χ1v) is 7.94. The van der Waals surface area contributed by atoms with E-state index in [1.807, 2.05) is 12.1 Å². The molecule has 2 rings (SSSR count). The number of furan rings is 1. The number of methoxy groups -OCH3 is 1. The van der Waals surface area contributed by atoms with Crippen molar-refractivity contribution in [2.24, 2.45) is 5.10 Å². The minimum absolute atomic E-state index is 0.352. The number of hydrogen-bond acceptors (Lipinski definition) is 5. The topological polar surface area (TPSA) is 92.9 Å². The number of carbonyl (C=O) groups excluding carboxylic acids is 2. The minimum atomic E-state index is -0.852. The van der Waals surface area contributed by atoms with Crippen LogP contribution >= 0.6 is 11.6 Å². The zero-order valence-corrected chi connectivity index (χ0v) is 14.4. The Morgan fingerprint density at radius 1 is 1.28 bits per heavy atom. The molecule has 0 spiro atoms. The highest BCUT2D eigenvalue weighted by Gasteiger charge is 2.11. The smallest absolute Gasteiger partial charge is 0.329 e. The molecule has 0 saturated heterocycles. The molecule has 8 heteroatoms. The number of ether oxygens (including phenoxy) is 1. The van der Waals surface area contributed by atoms with Gasteiger partial charge >= 0.3 is 11.8 Å². The van der Waals surface area contributed by atoms with Crippen LogP contribution in [0.4, 0.5) is 0 Å². The lowest BCUT2D eigenvalue weighted by atomic mass is 10.2. The number of amides is 2. The Kier molecular flexibility index (Phi) is 7.18. The standard InChI is InChI=1S/C17H18ClN3O4/c1-24-9-3-8-19-16(22)17(23)21-20-11-14-6-7-15(25-14)12-4-2-5-13(18)10-12/h2,4-7,10-11H,3,8-9H2,1H3,(H,19,22)(H,21,23)/b20-11+.